The molecule has 3 aromatic rings. The highest BCUT2D eigenvalue weighted by molar-refractivity contribution is 7.17. The number of para-hydroxylation sites is 3. The summed E-state index contributed by atoms with van der Waals surface area (Å²) in [5.41, 5.74) is 2.41. The largest absolute Gasteiger partial charge is 0.495 e. The highest BCUT2D eigenvalue weighted by atomic mass is 32.1. The van der Waals surface area contributed by atoms with Crippen molar-refractivity contribution < 1.29 is 23.8 Å². The number of ether oxygens (including phenoxy) is 3. The number of nitrogens with one attached hydrogen (secondary N) is 1. The number of anilines is 1. The molecular weight excluding hydrogens is 390 g/mol. The zero-order chi connectivity index (χ0) is 20.4. The molecule has 0 radical (unpaired) electrons. The van der Waals surface area contributed by atoms with Crippen molar-refractivity contribution in [3.63, 3.8) is 0 Å². The van der Waals surface area contributed by atoms with Gasteiger partial charge in [-0.3, -0.25) is 4.79 Å². The minimum atomic E-state index is -0.963. The minimum absolute atomic E-state index is 0.403. The van der Waals surface area contributed by atoms with Gasteiger partial charge in [0.15, 0.2) is 6.10 Å². The van der Waals surface area contributed by atoms with Crippen molar-refractivity contribution in [2.45, 2.75) is 19.6 Å². The summed E-state index contributed by atoms with van der Waals surface area (Å²) in [4.78, 5) is 26.5. The van der Waals surface area contributed by atoms with Crippen molar-refractivity contribution in [3.8, 4) is 21.9 Å². The maximum absolute atomic E-state index is 12.6. The fourth-order valence-electron chi connectivity index (χ4n) is 3.05. The molecule has 2 heterocycles. The Bertz CT molecular complexity index is 1070. The van der Waals surface area contributed by atoms with Gasteiger partial charge in [-0.2, -0.15) is 0 Å². The van der Waals surface area contributed by atoms with Gasteiger partial charge in [0.05, 0.1) is 12.8 Å². The van der Waals surface area contributed by atoms with Crippen LogP contribution in [0.2, 0.25) is 0 Å². The molecule has 0 aliphatic carbocycles. The zero-order valence-corrected chi connectivity index (χ0v) is 16.7. The molecule has 0 fully saturated rings. The first-order valence-corrected chi connectivity index (χ1v) is 9.88. The van der Waals surface area contributed by atoms with E-state index in [4.69, 9.17) is 14.2 Å². The highest BCUT2D eigenvalue weighted by Gasteiger charge is 2.25. The highest BCUT2D eigenvalue weighted by Crippen LogP contribution is 2.42. The van der Waals surface area contributed by atoms with Crippen LogP contribution in [0.25, 0.3) is 10.4 Å². The Balaban J connectivity index is 1.46. The summed E-state index contributed by atoms with van der Waals surface area (Å²) in [5.74, 6) is 0.359. The fourth-order valence-corrected chi connectivity index (χ4v) is 4.13. The number of esters is 1. The van der Waals surface area contributed by atoms with Gasteiger partial charge in [0, 0.05) is 16.0 Å². The minimum Gasteiger partial charge on any atom is -0.495 e. The third-order valence-corrected chi connectivity index (χ3v) is 5.73. The second-order valence-electron chi connectivity index (χ2n) is 6.49. The van der Waals surface area contributed by atoms with Crippen LogP contribution in [0.1, 0.15) is 22.2 Å². The molecule has 0 unspecified atom stereocenters. The van der Waals surface area contributed by atoms with Crippen LogP contribution in [-0.4, -0.2) is 25.1 Å². The fraction of sp³-hybridized carbons (Fsp3) is 0.182. The van der Waals surface area contributed by atoms with E-state index < -0.39 is 18.0 Å². The maximum atomic E-state index is 12.6. The Morgan fingerprint density at radius 1 is 1.14 bits per heavy atom. The monoisotopic (exact) mass is 409 g/mol. The van der Waals surface area contributed by atoms with Crippen LogP contribution in [0.3, 0.4) is 0 Å². The predicted molar refractivity (Wildman–Crippen MR) is 111 cm³/mol. The van der Waals surface area contributed by atoms with Crippen LogP contribution in [0, 0.1) is 0 Å². The lowest BCUT2D eigenvalue weighted by Crippen LogP contribution is -2.29. The van der Waals surface area contributed by atoms with Crippen LogP contribution in [0.4, 0.5) is 5.69 Å². The summed E-state index contributed by atoms with van der Waals surface area (Å²) < 4.78 is 16.3. The molecule has 4 rings (SSSR count). The van der Waals surface area contributed by atoms with E-state index >= 15 is 0 Å². The molecule has 1 amide bonds. The van der Waals surface area contributed by atoms with E-state index in [9.17, 15) is 9.59 Å². The van der Waals surface area contributed by atoms with Crippen LogP contribution in [0.5, 0.6) is 11.5 Å². The Morgan fingerprint density at radius 3 is 2.72 bits per heavy atom. The normalized spacial score (nSPS) is 12.8. The second-order valence-corrected chi connectivity index (χ2v) is 7.54. The van der Waals surface area contributed by atoms with E-state index in [1.165, 1.54) is 25.4 Å². The number of amides is 1. The van der Waals surface area contributed by atoms with Crippen molar-refractivity contribution in [3.05, 3.63) is 65.0 Å². The average Bonchev–Trinajstić information content (AvgIpc) is 3.19. The van der Waals surface area contributed by atoms with Gasteiger partial charge in [0.25, 0.3) is 5.91 Å². The first-order chi connectivity index (χ1) is 14.1. The summed E-state index contributed by atoms with van der Waals surface area (Å²) in [6, 6.07) is 16.5. The molecule has 7 heteroatoms. The molecule has 0 bridgehead atoms. The lowest BCUT2D eigenvalue weighted by atomic mass is 10.1. The molecule has 1 aliphatic heterocycles. The van der Waals surface area contributed by atoms with Crippen LogP contribution in [-0.2, 0) is 16.1 Å². The van der Waals surface area contributed by atoms with Crippen LogP contribution >= 0.6 is 11.3 Å². The van der Waals surface area contributed by atoms with Gasteiger partial charge < -0.3 is 19.5 Å². The number of fused-ring (bicyclic) bond motifs is 3. The quantitative estimate of drug-likeness (QED) is 0.628. The van der Waals surface area contributed by atoms with Crippen molar-refractivity contribution >= 4 is 28.9 Å². The van der Waals surface area contributed by atoms with Crippen LogP contribution < -0.4 is 14.8 Å². The summed E-state index contributed by atoms with van der Waals surface area (Å²) in [6.07, 6.45) is -0.963. The van der Waals surface area contributed by atoms with Crippen molar-refractivity contribution in [2.75, 3.05) is 12.4 Å². The van der Waals surface area contributed by atoms with E-state index in [-0.39, 0.29) is 0 Å². The lowest BCUT2D eigenvalue weighted by molar-refractivity contribution is -0.123. The molecule has 1 atom stereocenters. The van der Waals surface area contributed by atoms with E-state index in [2.05, 4.69) is 5.32 Å². The summed E-state index contributed by atoms with van der Waals surface area (Å²) in [7, 11) is 1.52. The molecule has 6 nitrogen and oxygen atoms in total. The number of hydrogen-bond donors (Lipinski definition) is 1. The number of rotatable bonds is 5. The number of thiophene rings is 1. The van der Waals surface area contributed by atoms with Crippen LogP contribution in [0.15, 0.2) is 54.6 Å². The summed E-state index contributed by atoms with van der Waals surface area (Å²) >= 11 is 1.34. The van der Waals surface area contributed by atoms with Gasteiger partial charge in [-0.25, -0.2) is 4.79 Å². The Labute approximate surface area is 172 Å². The molecule has 0 saturated heterocycles. The Kier molecular flexibility index (Phi) is 5.22. The molecule has 0 spiro atoms. The molecular formula is C22H19NO5S. The van der Waals surface area contributed by atoms with Crippen molar-refractivity contribution in [1.29, 1.82) is 0 Å². The standard InChI is InChI=1S/C22H19NO5S/c1-13(21(24)23-16-8-4-6-10-18(16)26-2)28-22(25)19-11-14-12-27-17-9-5-3-7-15(17)20(14)29-19/h3-11,13H,12H2,1-2H3,(H,23,24)/t13-/m1/s1. The van der Waals surface area contributed by atoms with Gasteiger partial charge in [-0.05, 0) is 37.3 Å². The van der Waals surface area contributed by atoms with Crippen molar-refractivity contribution in [1.82, 2.24) is 0 Å². The first-order valence-electron chi connectivity index (χ1n) is 9.06. The third-order valence-electron chi connectivity index (χ3n) is 4.54. The number of benzene rings is 2. The summed E-state index contributed by atoms with van der Waals surface area (Å²) in [5, 5.41) is 2.72. The van der Waals surface area contributed by atoms with Gasteiger partial charge in [-0.1, -0.05) is 24.3 Å². The lowest BCUT2D eigenvalue weighted by Gasteiger charge is -2.16. The number of carbonyl (C=O) groups excluding carboxylic acids is 2. The number of methoxy groups -OCH3 is 1. The predicted octanol–water partition coefficient (Wildman–Crippen LogP) is 4.50. The topological polar surface area (TPSA) is 73.9 Å². The Hall–Kier alpha value is -3.32. The third kappa shape index (κ3) is 3.82. The smallest absolute Gasteiger partial charge is 0.349 e. The molecule has 148 valence electrons. The molecule has 2 aromatic carbocycles. The first kappa shape index (κ1) is 19.0. The van der Waals surface area contributed by atoms with E-state index in [1.54, 1.807) is 30.3 Å². The van der Waals surface area contributed by atoms with Gasteiger partial charge in [0.2, 0.25) is 0 Å². The second kappa shape index (κ2) is 7.97. The van der Waals surface area contributed by atoms with E-state index in [0.29, 0.717) is 22.9 Å². The van der Waals surface area contributed by atoms with Gasteiger partial charge in [0.1, 0.15) is 23.0 Å². The summed E-state index contributed by atoms with van der Waals surface area (Å²) in [6.45, 7) is 1.94. The SMILES string of the molecule is COc1ccccc1NC(=O)[C@@H](C)OC(=O)c1cc2c(s1)-c1ccccc1OC2. The molecule has 1 N–H and O–H groups in total. The molecule has 1 aromatic heterocycles. The maximum Gasteiger partial charge on any atom is 0.349 e. The average molecular weight is 409 g/mol. The molecule has 0 saturated carbocycles. The van der Waals surface area contributed by atoms with E-state index in [1.807, 2.05) is 24.3 Å². The Morgan fingerprint density at radius 2 is 1.90 bits per heavy atom. The zero-order valence-electron chi connectivity index (χ0n) is 15.9. The number of carbonyl (C=O) groups is 2. The number of hydrogen-bond acceptors (Lipinski definition) is 6. The van der Waals surface area contributed by atoms with Gasteiger partial charge in [-0.15, -0.1) is 11.3 Å². The molecule has 1 aliphatic rings. The molecule has 29 heavy (non-hydrogen) atoms. The van der Waals surface area contributed by atoms with E-state index in [0.717, 1.165) is 21.8 Å². The van der Waals surface area contributed by atoms with Gasteiger partial charge >= 0.3 is 5.97 Å². The van der Waals surface area contributed by atoms with Crippen molar-refractivity contribution in [2.24, 2.45) is 0 Å².